The van der Waals surface area contributed by atoms with E-state index in [1.54, 1.807) is 13.3 Å². The quantitative estimate of drug-likeness (QED) is 0.487. The standard InChI is InChI=1S/C18H16N6O2/c1-9(25)13-7-20-18(19)17-12(13)6-14(22-17)11-4-3-10(5-16(11)26-2)15-8-21-24-23-15/h3-8,22H,1-2H3,(H2,19,20)(H,21,23,24). The molecule has 0 radical (unpaired) electrons. The van der Waals surface area contributed by atoms with E-state index in [4.69, 9.17) is 10.5 Å². The maximum atomic E-state index is 11.9. The maximum absolute atomic E-state index is 11.9. The third kappa shape index (κ3) is 2.48. The highest BCUT2D eigenvalue weighted by Crippen LogP contribution is 2.36. The molecule has 1 aromatic carbocycles. The lowest BCUT2D eigenvalue weighted by atomic mass is 10.0. The van der Waals surface area contributed by atoms with Gasteiger partial charge in [-0.25, -0.2) is 4.98 Å². The van der Waals surface area contributed by atoms with Gasteiger partial charge >= 0.3 is 0 Å². The Morgan fingerprint density at radius 2 is 2.12 bits per heavy atom. The van der Waals surface area contributed by atoms with E-state index < -0.39 is 0 Å². The van der Waals surface area contributed by atoms with Gasteiger partial charge in [-0.1, -0.05) is 11.3 Å². The second-order valence-corrected chi connectivity index (χ2v) is 5.86. The number of carbonyl (C=O) groups is 1. The molecule has 8 heteroatoms. The summed E-state index contributed by atoms with van der Waals surface area (Å²) in [7, 11) is 1.60. The molecule has 0 spiro atoms. The molecule has 0 aliphatic carbocycles. The number of ether oxygens (including phenoxy) is 1. The van der Waals surface area contributed by atoms with Crippen LogP contribution in [0.3, 0.4) is 0 Å². The Morgan fingerprint density at radius 3 is 2.81 bits per heavy atom. The zero-order chi connectivity index (χ0) is 18.3. The molecule has 3 aromatic heterocycles. The minimum Gasteiger partial charge on any atom is -0.496 e. The number of nitrogens with one attached hydrogen (secondary N) is 2. The summed E-state index contributed by atoms with van der Waals surface area (Å²) < 4.78 is 5.55. The molecule has 0 bridgehead atoms. The predicted octanol–water partition coefficient (Wildman–Crippen LogP) is 2.81. The minimum absolute atomic E-state index is 0.0682. The molecule has 4 rings (SSSR count). The van der Waals surface area contributed by atoms with Crippen molar-refractivity contribution in [3.05, 3.63) is 42.2 Å². The van der Waals surface area contributed by atoms with Gasteiger partial charge in [0.2, 0.25) is 0 Å². The van der Waals surface area contributed by atoms with Crippen molar-refractivity contribution in [3.8, 4) is 28.3 Å². The van der Waals surface area contributed by atoms with Crippen molar-refractivity contribution in [1.82, 2.24) is 25.4 Å². The Hall–Kier alpha value is -3.68. The molecule has 4 aromatic rings. The summed E-state index contributed by atoms with van der Waals surface area (Å²) in [4.78, 5) is 19.2. The molecule has 8 nitrogen and oxygen atoms in total. The predicted molar refractivity (Wildman–Crippen MR) is 97.9 cm³/mol. The van der Waals surface area contributed by atoms with Crippen LogP contribution in [0.4, 0.5) is 5.82 Å². The summed E-state index contributed by atoms with van der Waals surface area (Å²) in [5, 5.41) is 11.2. The number of anilines is 1. The molecule has 4 N–H and O–H groups in total. The van der Waals surface area contributed by atoms with Crippen molar-refractivity contribution >= 4 is 22.5 Å². The number of nitrogens with two attached hydrogens (primary N) is 1. The maximum Gasteiger partial charge on any atom is 0.162 e. The zero-order valence-electron chi connectivity index (χ0n) is 14.2. The number of nitrogens with zero attached hydrogens (tertiary/aromatic N) is 3. The van der Waals surface area contributed by atoms with Crippen molar-refractivity contribution in [2.75, 3.05) is 12.8 Å². The number of ketones is 1. The topological polar surface area (TPSA) is 123 Å². The average Bonchev–Trinajstić information content (AvgIpc) is 3.31. The molecule has 3 heterocycles. The van der Waals surface area contributed by atoms with Crippen LogP contribution in [0.25, 0.3) is 33.4 Å². The number of fused-ring (bicyclic) bond motifs is 1. The normalized spacial score (nSPS) is 11.0. The van der Waals surface area contributed by atoms with Crippen LogP contribution in [0, 0.1) is 0 Å². The Balaban J connectivity index is 1.89. The van der Waals surface area contributed by atoms with Crippen LogP contribution in [-0.4, -0.2) is 38.3 Å². The number of nitrogen functional groups attached to an aromatic ring is 1. The average molecular weight is 348 g/mol. The first-order chi connectivity index (χ1) is 12.6. The summed E-state index contributed by atoms with van der Waals surface area (Å²) in [5.41, 5.74) is 10.3. The third-order valence-corrected chi connectivity index (χ3v) is 4.28. The molecule has 0 fully saturated rings. The fourth-order valence-electron chi connectivity index (χ4n) is 2.98. The molecule has 130 valence electrons. The summed E-state index contributed by atoms with van der Waals surface area (Å²) in [6.07, 6.45) is 3.21. The van der Waals surface area contributed by atoms with Gasteiger partial charge < -0.3 is 15.5 Å². The zero-order valence-corrected chi connectivity index (χ0v) is 14.2. The van der Waals surface area contributed by atoms with E-state index in [9.17, 15) is 4.79 Å². The Morgan fingerprint density at radius 1 is 1.27 bits per heavy atom. The van der Waals surface area contributed by atoms with Crippen LogP contribution in [-0.2, 0) is 0 Å². The molecule has 26 heavy (non-hydrogen) atoms. The fourth-order valence-corrected chi connectivity index (χ4v) is 2.98. The Bertz CT molecular complexity index is 1110. The first-order valence-corrected chi connectivity index (χ1v) is 7.92. The van der Waals surface area contributed by atoms with Crippen molar-refractivity contribution in [2.45, 2.75) is 6.92 Å². The molecule has 0 aliphatic rings. The van der Waals surface area contributed by atoms with Crippen molar-refractivity contribution in [2.24, 2.45) is 0 Å². The minimum atomic E-state index is -0.0682. The number of H-pyrrole nitrogens is 2. The van der Waals surface area contributed by atoms with E-state index in [0.717, 1.165) is 27.9 Å². The molecule has 0 amide bonds. The van der Waals surface area contributed by atoms with E-state index >= 15 is 0 Å². The highest BCUT2D eigenvalue weighted by Gasteiger charge is 2.16. The number of hydrogen-bond donors (Lipinski definition) is 3. The Kier molecular flexibility index (Phi) is 3.65. The first kappa shape index (κ1) is 15.8. The fraction of sp³-hybridized carbons (Fsp3) is 0.111. The number of Topliss-reactive ketones (excluding diaryl/α,β-unsaturated/α-hetero) is 1. The number of aromatic nitrogens is 5. The van der Waals surface area contributed by atoms with Crippen molar-refractivity contribution < 1.29 is 9.53 Å². The third-order valence-electron chi connectivity index (χ3n) is 4.28. The largest absolute Gasteiger partial charge is 0.496 e. The van der Waals surface area contributed by atoms with Crippen LogP contribution in [0.2, 0.25) is 0 Å². The first-order valence-electron chi connectivity index (χ1n) is 7.92. The number of hydrogen-bond acceptors (Lipinski definition) is 6. The van der Waals surface area contributed by atoms with E-state index in [-0.39, 0.29) is 5.78 Å². The number of carbonyl (C=O) groups excluding carboxylic acids is 1. The number of pyridine rings is 1. The Labute approximate surface area is 148 Å². The number of rotatable bonds is 4. The monoisotopic (exact) mass is 348 g/mol. The number of benzene rings is 1. The summed E-state index contributed by atoms with van der Waals surface area (Å²) in [5.74, 6) is 0.934. The van der Waals surface area contributed by atoms with E-state index in [0.29, 0.717) is 22.6 Å². The van der Waals surface area contributed by atoms with E-state index in [1.807, 2.05) is 24.3 Å². The molecule has 0 aliphatic heterocycles. The molecular formula is C18H16N6O2. The SMILES string of the molecule is COc1cc(-c2c[nH]nn2)ccc1-c1cc2c(C(C)=O)cnc(N)c2[nH]1. The second kappa shape index (κ2) is 5.99. The molecular weight excluding hydrogens is 332 g/mol. The molecule has 0 saturated carbocycles. The molecule has 0 atom stereocenters. The smallest absolute Gasteiger partial charge is 0.162 e. The van der Waals surface area contributed by atoms with Gasteiger partial charge in [-0.05, 0) is 25.1 Å². The number of aromatic amines is 2. The van der Waals surface area contributed by atoms with Gasteiger partial charge in [-0.2, -0.15) is 0 Å². The number of methoxy groups -OCH3 is 1. The summed E-state index contributed by atoms with van der Waals surface area (Å²) in [6, 6.07) is 7.61. The lowest BCUT2D eigenvalue weighted by Crippen LogP contribution is -1.98. The van der Waals surface area contributed by atoms with Crippen LogP contribution in [0.15, 0.2) is 36.7 Å². The van der Waals surface area contributed by atoms with Gasteiger partial charge in [0.1, 0.15) is 17.3 Å². The van der Waals surface area contributed by atoms with Gasteiger partial charge in [0.15, 0.2) is 5.78 Å². The van der Waals surface area contributed by atoms with Crippen molar-refractivity contribution in [3.63, 3.8) is 0 Å². The van der Waals surface area contributed by atoms with Crippen molar-refractivity contribution in [1.29, 1.82) is 0 Å². The van der Waals surface area contributed by atoms with E-state index in [2.05, 4.69) is 25.4 Å². The van der Waals surface area contributed by atoms with Gasteiger partial charge in [-0.15, -0.1) is 5.10 Å². The lowest BCUT2D eigenvalue weighted by molar-refractivity contribution is 0.101. The van der Waals surface area contributed by atoms with Gasteiger partial charge in [-0.3, -0.25) is 9.89 Å². The molecule has 0 saturated heterocycles. The lowest BCUT2D eigenvalue weighted by Gasteiger charge is -2.08. The molecule has 0 unspecified atom stereocenters. The van der Waals surface area contributed by atoms with E-state index in [1.165, 1.54) is 13.1 Å². The summed E-state index contributed by atoms with van der Waals surface area (Å²) in [6.45, 7) is 1.51. The van der Waals surface area contributed by atoms with Crippen LogP contribution >= 0.6 is 0 Å². The highest BCUT2D eigenvalue weighted by molar-refractivity contribution is 6.09. The van der Waals surface area contributed by atoms with Gasteiger partial charge in [0.05, 0.1) is 18.3 Å². The van der Waals surface area contributed by atoms with Crippen LogP contribution < -0.4 is 10.5 Å². The van der Waals surface area contributed by atoms with Gasteiger partial charge in [0.25, 0.3) is 0 Å². The van der Waals surface area contributed by atoms with Gasteiger partial charge in [0, 0.05) is 34.5 Å². The highest BCUT2D eigenvalue weighted by atomic mass is 16.5. The second-order valence-electron chi connectivity index (χ2n) is 5.86. The summed E-state index contributed by atoms with van der Waals surface area (Å²) >= 11 is 0. The van der Waals surface area contributed by atoms with Crippen LogP contribution in [0.5, 0.6) is 5.75 Å². The van der Waals surface area contributed by atoms with Crippen LogP contribution in [0.1, 0.15) is 17.3 Å².